The molecule has 0 amide bonds. The minimum Gasteiger partial charge on any atom is -0.0914 e. The van der Waals surface area contributed by atoms with E-state index in [1.807, 2.05) is 12.1 Å². The lowest BCUT2D eigenvalue weighted by atomic mass is 9.68. The molecule has 0 spiro atoms. The molecule has 0 bridgehead atoms. The fourth-order valence-electron chi connectivity index (χ4n) is 4.74. The third-order valence-electron chi connectivity index (χ3n) is 6.06. The zero-order valence-corrected chi connectivity index (χ0v) is 14.6. The van der Waals surface area contributed by atoms with Gasteiger partial charge in [0.1, 0.15) is 0 Å². The molecule has 2 aliphatic carbocycles. The van der Waals surface area contributed by atoms with Crippen LogP contribution in [-0.2, 0) is 0 Å². The van der Waals surface area contributed by atoms with Crippen molar-refractivity contribution in [3.05, 3.63) is 47.0 Å². The lowest BCUT2D eigenvalue weighted by Gasteiger charge is -2.37. The topological polar surface area (TPSA) is 0 Å². The quantitative estimate of drug-likeness (QED) is 0.527. The second-order valence-electron chi connectivity index (χ2n) is 7.36. The Kier molecular flexibility index (Phi) is 5.63. The van der Waals surface area contributed by atoms with Crippen molar-refractivity contribution >= 4 is 11.6 Å². The van der Waals surface area contributed by atoms with Crippen LogP contribution in [0.4, 0.5) is 0 Å². The van der Waals surface area contributed by atoms with E-state index in [1.165, 1.54) is 56.9 Å². The van der Waals surface area contributed by atoms with Crippen LogP contribution in [0.25, 0.3) is 0 Å². The standard InChI is InChI=1S/C21H29Cl/c1-2-3-16-4-6-17(7-5-16)18-8-10-19(11-9-18)20-12-14-21(22)15-13-20/h2-3,12-19H,4-11H2,1H3/b3-2-. The smallest absolute Gasteiger partial charge is 0.0406 e. The van der Waals surface area contributed by atoms with Crippen molar-refractivity contribution in [1.82, 2.24) is 0 Å². The molecular weight excluding hydrogens is 288 g/mol. The van der Waals surface area contributed by atoms with E-state index in [2.05, 4.69) is 31.2 Å². The van der Waals surface area contributed by atoms with Gasteiger partial charge in [0.25, 0.3) is 0 Å². The van der Waals surface area contributed by atoms with Crippen LogP contribution in [0.5, 0.6) is 0 Å². The van der Waals surface area contributed by atoms with Crippen LogP contribution in [-0.4, -0.2) is 0 Å². The first-order chi connectivity index (χ1) is 10.8. The molecule has 0 saturated heterocycles. The molecule has 0 heterocycles. The first kappa shape index (κ1) is 16.1. The summed E-state index contributed by atoms with van der Waals surface area (Å²) in [7, 11) is 0. The maximum Gasteiger partial charge on any atom is 0.0406 e. The molecule has 0 nitrogen and oxygen atoms in total. The molecule has 1 heteroatoms. The maximum absolute atomic E-state index is 6.00. The highest BCUT2D eigenvalue weighted by molar-refractivity contribution is 6.30. The van der Waals surface area contributed by atoms with E-state index in [-0.39, 0.29) is 0 Å². The summed E-state index contributed by atoms with van der Waals surface area (Å²) in [5.41, 5.74) is 1.50. The lowest BCUT2D eigenvalue weighted by Crippen LogP contribution is -2.25. The molecule has 3 rings (SSSR count). The van der Waals surface area contributed by atoms with Crippen molar-refractivity contribution < 1.29 is 0 Å². The zero-order chi connectivity index (χ0) is 15.4. The van der Waals surface area contributed by atoms with Crippen molar-refractivity contribution in [2.45, 2.75) is 64.2 Å². The molecule has 0 aliphatic heterocycles. The summed E-state index contributed by atoms with van der Waals surface area (Å²) < 4.78 is 0. The van der Waals surface area contributed by atoms with Crippen LogP contribution in [0, 0.1) is 17.8 Å². The zero-order valence-electron chi connectivity index (χ0n) is 13.8. The van der Waals surface area contributed by atoms with Crippen molar-refractivity contribution in [2.75, 3.05) is 0 Å². The highest BCUT2D eigenvalue weighted by Crippen LogP contribution is 2.44. The minimum atomic E-state index is 0.771. The molecule has 120 valence electrons. The molecule has 0 atom stereocenters. The summed E-state index contributed by atoms with van der Waals surface area (Å²) in [6, 6.07) is 8.56. The molecule has 2 aliphatic rings. The molecule has 0 N–H and O–H groups in total. The number of hydrogen-bond acceptors (Lipinski definition) is 0. The van der Waals surface area contributed by atoms with Gasteiger partial charge >= 0.3 is 0 Å². The van der Waals surface area contributed by atoms with Crippen LogP contribution in [0.2, 0.25) is 5.02 Å². The fourth-order valence-corrected chi connectivity index (χ4v) is 4.87. The maximum atomic E-state index is 6.00. The van der Waals surface area contributed by atoms with Gasteiger partial charge in [-0.2, -0.15) is 0 Å². The average Bonchev–Trinajstić information content (AvgIpc) is 2.57. The van der Waals surface area contributed by atoms with Gasteiger partial charge < -0.3 is 0 Å². The third-order valence-corrected chi connectivity index (χ3v) is 6.31. The normalized spacial score (nSPS) is 33.2. The number of halogens is 1. The number of rotatable bonds is 3. The van der Waals surface area contributed by atoms with Gasteiger partial charge in [-0.3, -0.25) is 0 Å². The summed E-state index contributed by atoms with van der Waals surface area (Å²) in [5, 5.41) is 0.857. The highest BCUT2D eigenvalue weighted by atomic mass is 35.5. The van der Waals surface area contributed by atoms with Gasteiger partial charge in [-0.15, -0.1) is 0 Å². The second kappa shape index (κ2) is 7.68. The SMILES string of the molecule is C/C=C\C1CCC(C2CCC(c3ccc(Cl)cc3)CC2)CC1. The molecule has 22 heavy (non-hydrogen) atoms. The Labute approximate surface area is 141 Å². The predicted octanol–water partition coefficient (Wildman–Crippen LogP) is 7.00. The van der Waals surface area contributed by atoms with Gasteiger partial charge in [-0.1, -0.05) is 35.9 Å². The Hall–Kier alpha value is -0.750. The molecule has 0 aromatic heterocycles. The molecule has 2 fully saturated rings. The first-order valence-corrected chi connectivity index (χ1v) is 9.52. The average molecular weight is 317 g/mol. The Morgan fingerprint density at radius 2 is 1.36 bits per heavy atom. The Morgan fingerprint density at radius 1 is 0.818 bits per heavy atom. The highest BCUT2D eigenvalue weighted by Gasteiger charge is 2.30. The summed E-state index contributed by atoms with van der Waals surface area (Å²) in [5.74, 6) is 3.64. The number of hydrogen-bond donors (Lipinski definition) is 0. The number of benzene rings is 1. The van der Waals surface area contributed by atoms with E-state index in [1.54, 1.807) is 0 Å². The predicted molar refractivity (Wildman–Crippen MR) is 96.4 cm³/mol. The summed E-state index contributed by atoms with van der Waals surface area (Å²) >= 11 is 6.00. The Balaban J connectivity index is 1.49. The van der Waals surface area contributed by atoms with Gasteiger partial charge in [0.15, 0.2) is 0 Å². The van der Waals surface area contributed by atoms with E-state index in [9.17, 15) is 0 Å². The summed E-state index contributed by atoms with van der Waals surface area (Å²) in [6.45, 7) is 2.16. The van der Waals surface area contributed by atoms with Crippen LogP contribution >= 0.6 is 11.6 Å². The van der Waals surface area contributed by atoms with Gasteiger partial charge in [0.05, 0.1) is 0 Å². The van der Waals surface area contributed by atoms with Crippen LogP contribution in [0.15, 0.2) is 36.4 Å². The van der Waals surface area contributed by atoms with Gasteiger partial charge in [0.2, 0.25) is 0 Å². The fraction of sp³-hybridized carbons (Fsp3) is 0.619. The lowest BCUT2D eigenvalue weighted by molar-refractivity contribution is 0.171. The summed E-state index contributed by atoms with van der Waals surface area (Å²) in [6.07, 6.45) is 16.1. The Morgan fingerprint density at radius 3 is 1.91 bits per heavy atom. The van der Waals surface area contributed by atoms with Gasteiger partial charge in [0, 0.05) is 5.02 Å². The van der Waals surface area contributed by atoms with E-state index >= 15 is 0 Å². The van der Waals surface area contributed by atoms with E-state index in [0.717, 1.165) is 28.7 Å². The van der Waals surface area contributed by atoms with Crippen molar-refractivity contribution in [1.29, 1.82) is 0 Å². The first-order valence-electron chi connectivity index (χ1n) is 9.14. The largest absolute Gasteiger partial charge is 0.0914 e. The second-order valence-corrected chi connectivity index (χ2v) is 7.80. The van der Waals surface area contributed by atoms with E-state index in [0.29, 0.717) is 0 Å². The van der Waals surface area contributed by atoms with Gasteiger partial charge in [-0.05, 0) is 99.7 Å². The number of allylic oxidation sites excluding steroid dienone is 2. The third kappa shape index (κ3) is 3.96. The molecular formula is C21H29Cl. The van der Waals surface area contributed by atoms with Crippen molar-refractivity contribution in [2.24, 2.45) is 17.8 Å². The van der Waals surface area contributed by atoms with Crippen molar-refractivity contribution in [3.8, 4) is 0 Å². The van der Waals surface area contributed by atoms with Crippen LogP contribution in [0.1, 0.15) is 69.8 Å². The van der Waals surface area contributed by atoms with E-state index < -0.39 is 0 Å². The van der Waals surface area contributed by atoms with E-state index in [4.69, 9.17) is 11.6 Å². The monoisotopic (exact) mass is 316 g/mol. The Bertz CT molecular complexity index is 471. The van der Waals surface area contributed by atoms with Crippen LogP contribution in [0.3, 0.4) is 0 Å². The molecule has 0 radical (unpaired) electrons. The molecule has 1 aromatic carbocycles. The summed E-state index contributed by atoms with van der Waals surface area (Å²) in [4.78, 5) is 0. The molecule has 2 saturated carbocycles. The molecule has 0 unspecified atom stereocenters. The van der Waals surface area contributed by atoms with Gasteiger partial charge in [-0.25, -0.2) is 0 Å². The minimum absolute atomic E-state index is 0.771. The van der Waals surface area contributed by atoms with Crippen LogP contribution < -0.4 is 0 Å². The van der Waals surface area contributed by atoms with Crippen molar-refractivity contribution in [3.63, 3.8) is 0 Å². The molecule has 1 aromatic rings.